The third-order valence-corrected chi connectivity index (χ3v) is 7.97. The lowest BCUT2D eigenvalue weighted by molar-refractivity contribution is -0.124. The van der Waals surface area contributed by atoms with Gasteiger partial charge in [-0.15, -0.1) is 11.3 Å². The van der Waals surface area contributed by atoms with Crippen molar-refractivity contribution in [1.29, 1.82) is 0 Å². The van der Waals surface area contributed by atoms with Gasteiger partial charge in [-0.3, -0.25) is 9.69 Å². The predicted octanol–water partition coefficient (Wildman–Crippen LogP) is 5.29. The Morgan fingerprint density at radius 2 is 2.08 bits per heavy atom. The van der Waals surface area contributed by atoms with Crippen molar-refractivity contribution >= 4 is 61.7 Å². The van der Waals surface area contributed by atoms with E-state index in [1.807, 2.05) is 17.0 Å². The number of carbonyl (C=O) groups excluding carboxylic acids is 1. The van der Waals surface area contributed by atoms with Crippen molar-refractivity contribution in [3.8, 4) is 0 Å². The van der Waals surface area contributed by atoms with Gasteiger partial charge in [-0.2, -0.15) is 0 Å². The summed E-state index contributed by atoms with van der Waals surface area (Å²) in [5, 5.41) is 1.23. The van der Waals surface area contributed by atoms with Crippen molar-refractivity contribution < 1.29 is 4.79 Å². The fraction of sp³-hybridized carbons (Fsp3) is 0.368. The molecule has 2 heterocycles. The summed E-state index contributed by atoms with van der Waals surface area (Å²) < 4.78 is 2.01. The summed E-state index contributed by atoms with van der Waals surface area (Å²) in [6.07, 6.45) is 7.07. The molecule has 3 aliphatic rings. The number of carbonyl (C=O) groups is 1. The maximum Gasteiger partial charge on any atom is 0.266 e. The summed E-state index contributed by atoms with van der Waals surface area (Å²) in [4.78, 5) is 16.8. The molecular formula is C19H17NOS3. The van der Waals surface area contributed by atoms with Gasteiger partial charge in [0.15, 0.2) is 0 Å². The molecule has 2 bridgehead atoms. The number of thioether (sulfide) groups is 1. The first-order valence-electron chi connectivity index (χ1n) is 8.45. The highest BCUT2D eigenvalue weighted by Gasteiger charge is 2.47. The molecule has 2 nitrogen and oxygen atoms in total. The van der Waals surface area contributed by atoms with Crippen LogP contribution in [-0.4, -0.2) is 21.2 Å². The molecule has 2 aliphatic carbocycles. The van der Waals surface area contributed by atoms with Crippen LogP contribution in [0.1, 0.15) is 30.6 Å². The van der Waals surface area contributed by atoms with Gasteiger partial charge in [0, 0.05) is 15.6 Å². The second kappa shape index (κ2) is 5.68. The van der Waals surface area contributed by atoms with Gasteiger partial charge in [-0.05, 0) is 54.7 Å². The lowest BCUT2D eigenvalue weighted by Crippen LogP contribution is -2.41. The second-order valence-corrected chi connectivity index (χ2v) is 9.77. The molecule has 0 N–H and O–H groups in total. The molecule has 0 radical (unpaired) electrons. The van der Waals surface area contributed by atoms with Gasteiger partial charge in [-0.25, -0.2) is 0 Å². The highest BCUT2D eigenvalue weighted by Crippen LogP contribution is 2.49. The van der Waals surface area contributed by atoms with E-state index in [2.05, 4.69) is 24.3 Å². The van der Waals surface area contributed by atoms with Gasteiger partial charge in [0.1, 0.15) is 4.32 Å². The Kier molecular flexibility index (Phi) is 3.58. The van der Waals surface area contributed by atoms with Crippen molar-refractivity contribution in [2.45, 2.75) is 31.7 Å². The fourth-order valence-corrected chi connectivity index (χ4v) is 6.94. The summed E-state index contributed by atoms with van der Waals surface area (Å²) >= 11 is 8.76. The number of benzene rings is 1. The average Bonchev–Trinajstić information content (AvgIpc) is 3.31. The number of hydrogen-bond acceptors (Lipinski definition) is 4. The van der Waals surface area contributed by atoms with Crippen LogP contribution in [0.15, 0.2) is 35.2 Å². The van der Waals surface area contributed by atoms with Crippen LogP contribution in [0, 0.1) is 11.8 Å². The normalized spacial score (nSPS) is 31.1. The molecule has 2 saturated carbocycles. The minimum Gasteiger partial charge on any atom is -0.289 e. The maximum absolute atomic E-state index is 13.0. The van der Waals surface area contributed by atoms with Crippen LogP contribution in [0.3, 0.4) is 0 Å². The number of hydrogen-bond donors (Lipinski definition) is 0. The maximum atomic E-state index is 13.0. The minimum absolute atomic E-state index is 0.125. The van der Waals surface area contributed by atoms with Crippen LogP contribution in [0.5, 0.6) is 0 Å². The second-order valence-electron chi connectivity index (χ2n) is 6.98. The van der Waals surface area contributed by atoms with Gasteiger partial charge in [0.05, 0.1) is 4.91 Å². The van der Waals surface area contributed by atoms with E-state index in [0.29, 0.717) is 12.0 Å². The summed E-state index contributed by atoms with van der Waals surface area (Å²) in [5.74, 6) is 1.61. The SMILES string of the molecule is O=C1/C(=C\c2cc3ccccc3s2)SC(=S)N1C1CC2CCC1C2. The van der Waals surface area contributed by atoms with E-state index in [1.165, 1.54) is 41.1 Å². The van der Waals surface area contributed by atoms with Crippen LogP contribution in [0.25, 0.3) is 16.2 Å². The van der Waals surface area contributed by atoms with Gasteiger partial charge in [0.2, 0.25) is 0 Å². The number of thiocarbonyl (C=S) groups is 1. The van der Waals surface area contributed by atoms with E-state index in [1.54, 1.807) is 11.3 Å². The third-order valence-electron chi connectivity index (χ3n) is 5.57. The molecule has 3 atom stereocenters. The number of thiophene rings is 1. The summed E-state index contributed by atoms with van der Waals surface area (Å²) in [7, 11) is 0. The quantitative estimate of drug-likeness (QED) is 0.528. The van der Waals surface area contributed by atoms with Gasteiger partial charge in [-0.1, -0.05) is 48.6 Å². The van der Waals surface area contributed by atoms with Crippen molar-refractivity contribution in [2.75, 3.05) is 0 Å². The summed E-state index contributed by atoms with van der Waals surface area (Å²) in [5.41, 5.74) is 0. The average molecular weight is 372 g/mol. The third kappa shape index (κ3) is 2.37. The molecule has 5 rings (SSSR count). The van der Waals surface area contributed by atoms with Gasteiger partial charge in [0.25, 0.3) is 5.91 Å². The zero-order chi connectivity index (χ0) is 16.3. The molecule has 1 saturated heterocycles. The predicted molar refractivity (Wildman–Crippen MR) is 106 cm³/mol. The molecule has 3 fully saturated rings. The molecule has 5 heteroatoms. The molecule has 122 valence electrons. The molecule has 1 amide bonds. The minimum atomic E-state index is 0.125. The Hall–Kier alpha value is -1.17. The van der Waals surface area contributed by atoms with Crippen molar-refractivity contribution in [2.24, 2.45) is 11.8 Å². The van der Waals surface area contributed by atoms with Crippen LogP contribution in [-0.2, 0) is 4.79 Å². The Balaban J connectivity index is 1.45. The highest BCUT2D eigenvalue weighted by atomic mass is 32.2. The molecule has 24 heavy (non-hydrogen) atoms. The highest BCUT2D eigenvalue weighted by molar-refractivity contribution is 8.26. The smallest absolute Gasteiger partial charge is 0.266 e. The number of amides is 1. The van der Waals surface area contributed by atoms with Crippen molar-refractivity contribution in [3.05, 3.63) is 40.1 Å². The molecule has 1 aromatic heterocycles. The molecule has 0 spiro atoms. The number of fused-ring (bicyclic) bond motifs is 3. The zero-order valence-electron chi connectivity index (χ0n) is 13.1. The van der Waals surface area contributed by atoms with E-state index < -0.39 is 0 Å². The Bertz CT molecular complexity index is 851. The van der Waals surface area contributed by atoms with E-state index in [-0.39, 0.29) is 5.91 Å². The number of nitrogens with zero attached hydrogens (tertiary/aromatic N) is 1. The van der Waals surface area contributed by atoms with Crippen LogP contribution in [0.2, 0.25) is 0 Å². The first-order valence-corrected chi connectivity index (χ1v) is 10.5. The van der Waals surface area contributed by atoms with Crippen molar-refractivity contribution in [3.63, 3.8) is 0 Å². The summed E-state index contributed by atoms with van der Waals surface area (Å²) in [6.45, 7) is 0. The van der Waals surface area contributed by atoms with E-state index in [0.717, 1.165) is 26.4 Å². The van der Waals surface area contributed by atoms with E-state index in [9.17, 15) is 4.79 Å². The van der Waals surface area contributed by atoms with E-state index in [4.69, 9.17) is 12.2 Å². The Labute approximate surface area is 154 Å². The largest absolute Gasteiger partial charge is 0.289 e. The molecular weight excluding hydrogens is 354 g/mol. The van der Waals surface area contributed by atoms with Gasteiger partial charge < -0.3 is 0 Å². The zero-order valence-corrected chi connectivity index (χ0v) is 15.6. The monoisotopic (exact) mass is 371 g/mol. The van der Waals surface area contributed by atoms with Crippen LogP contribution < -0.4 is 0 Å². The standard InChI is InChI=1S/C19H17NOS3/c21-18-17(10-14-9-13-3-1-2-4-16(13)23-14)24-19(22)20(18)15-8-11-5-6-12(15)7-11/h1-4,9-12,15H,5-8H2/b17-10+. The molecule has 2 aromatic rings. The van der Waals surface area contributed by atoms with Crippen LogP contribution in [0.4, 0.5) is 0 Å². The topological polar surface area (TPSA) is 20.3 Å². The molecule has 3 unspecified atom stereocenters. The fourth-order valence-electron chi connectivity index (χ4n) is 4.50. The van der Waals surface area contributed by atoms with Crippen LogP contribution >= 0.6 is 35.3 Å². The van der Waals surface area contributed by atoms with Crippen molar-refractivity contribution in [1.82, 2.24) is 4.90 Å². The lowest BCUT2D eigenvalue weighted by atomic mass is 9.94. The van der Waals surface area contributed by atoms with Gasteiger partial charge >= 0.3 is 0 Å². The lowest BCUT2D eigenvalue weighted by Gasteiger charge is -2.30. The molecule has 1 aliphatic heterocycles. The number of rotatable bonds is 2. The first-order chi connectivity index (χ1) is 11.7. The molecule has 1 aromatic carbocycles. The van der Waals surface area contributed by atoms with E-state index >= 15 is 0 Å². The summed E-state index contributed by atoms with van der Waals surface area (Å²) in [6, 6.07) is 10.8. The Morgan fingerprint density at radius 1 is 1.21 bits per heavy atom. The Morgan fingerprint density at radius 3 is 2.83 bits per heavy atom. The first kappa shape index (κ1) is 15.1.